The number of rotatable bonds is 8. The van der Waals surface area contributed by atoms with Crippen LogP contribution in [0.3, 0.4) is 0 Å². The Hall–Kier alpha value is -1.12. The van der Waals surface area contributed by atoms with E-state index in [1.807, 2.05) is 13.0 Å². The van der Waals surface area contributed by atoms with Crippen LogP contribution in [0.25, 0.3) is 6.08 Å². The number of nitrogens with two attached hydrogens (primary N) is 1. The van der Waals surface area contributed by atoms with E-state index in [2.05, 4.69) is 41.7 Å². The van der Waals surface area contributed by atoms with Gasteiger partial charge in [-0.25, -0.2) is 0 Å². The topological polar surface area (TPSA) is 25.8 Å². The van der Waals surface area contributed by atoms with Crippen molar-refractivity contribution in [1.82, 2.24) is 0 Å². The molecule has 0 aliphatic heterocycles. The highest BCUT2D eigenvalue weighted by molar-refractivity contribution is 5.48. The zero-order valence-electron chi connectivity index (χ0n) is 10.1. The van der Waals surface area contributed by atoms with Gasteiger partial charge in [0.05, 0.1) is 19.7 Å². The summed E-state index contributed by atoms with van der Waals surface area (Å²) in [5.74, 6) is 0. The molecule has 0 saturated heterocycles. The van der Waals surface area contributed by atoms with E-state index in [1.165, 1.54) is 5.56 Å². The molecule has 0 saturated carbocycles. The van der Waals surface area contributed by atoms with Crippen molar-refractivity contribution in [3.63, 3.8) is 0 Å². The first kappa shape index (κ1) is 12.9. The lowest BCUT2D eigenvalue weighted by molar-refractivity contribution is -0.646. The molecule has 0 radical (unpaired) electrons. The molecule has 0 bridgehead atoms. The van der Waals surface area contributed by atoms with Crippen molar-refractivity contribution in [1.29, 1.82) is 0 Å². The summed E-state index contributed by atoms with van der Waals surface area (Å²) in [5.41, 5.74) is 1.27. The largest absolute Gasteiger partial charge is 0.382 e. The predicted octanol–water partition coefficient (Wildman–Crippen LogP) is 1.69. The minimum Gasteiger partial charge on any atom is -0.382 e. The predicted molar refractivity (Wildman–Crippen MR) is 68.2 cm³/mol. The molecule has 0 amide bonds. The molecular weight excluding hydrogens is 198 g/mol. The number of ether oxygens (including phenoxy) is 1. The van der Waals surface area contributed by atoms with Gasteiger partial charge in [-0.1, -0.05) is 36.4 Å². The van der Waals surface area contributed by atoms with E-state index in [1.54, 1.807) is 0 Å². The van der Waals surface area contributed by atoms with E-state index in [0.29, 0.717) is 0 Å². The first-order valence-electron chi connectivity index (χ1n) is 6.04. The Morgan fingerprint density at radius 2 is 2.06 bits per heavy atom. The van der Waals surface area contributed by atoms with Gasteiger partial charge in [0.1, 0.15) is 0 Å². The molecule has 1 aromatic carbocycles. The lowest BCUT2D eigenvalue weighted by atomic mass is 10.2. The summed E-state index contributed by atoms with van der Waals surface area (Å²) in [6, 6.07) is 10.4. The Labute approximate surface area is 98.3 Å². The summed E-state index contributed by atoms with van der Waals surface area (Å²) in [4.78, 5) is 0. The second-order valence-corrected chi connectivity index (χ2v) is 3.68. The first-order valence-corrected chi connectivity index (χ1v) is 6.04. The summed E-state index contributed by atoms with van der Waals surface area (Å²) in [7, 11) is 0. The standard InChI is InChI=1S/C14H21NO/c1-2-16-13-7-12-15-11-6-10-14-8-4-3-5-9-14/h3-6,8-10,15H,2,7,11-13H2,1H3/p+1/b10-6+. The van der Waals surface area contributed by atoms with Gasteiger partial charge < -0.3 is 10.1 Å². The third-order valence-corrected chi connectivity index (χ3v) is 2.31. The Kier molecular flexibility index (Phi) is 7.39. The van der Waals surface area contributed by atoms with Crippen LogP contribution in [0.15, 0.2) is 36.4 Å². The van der Waals surface area contributed by atoms with Crippen LogP contribution in [0, 0.1) is 0 Å². The van der Waals surface area contributed by atoms with Gasteiger partial charge in [-0.15, -0.1) is 0 Å². The minimum absolute atomic E-state index is 0.827. The molecule has 0 aliphatic carbocycles. The second kappa shape index (κ2) is 9.13. The van der Waals surface area contributed by atoms with Crippen LogP contribution in [0.1, 0.15) is 18.9 Å². The van der Waals surface area contributed by atoms with Gasteiger partial charge in [-0.3, -0.25) is 0 Å². The van der Waals surface area contributed by atoms with Crippen molar-refractivity contribution in [2.45, 2.75) is 13.3 Å². The molecule has 16 heavy (non-hydrogen) atoms. The van der Waals surface area contributed by atoms with E-state index < -0.39 is 0 Å². The van der Waals surface area contributed by atoms with Gasteiger partial charge in [0.2, 0.25) is 0 Å². The molecule has 0 atom stereocenters. The van der Waals surface area contributed by atoms with Crippen molar-refractivity contribution in [2.24, 2.45) is 0 Å². The Morgan fingerprint density at radius 1 is 1.25 bits per heavy atom. The second-order valence-electron chi connectivity index (χ2n) is 3.68. The molecule has 2 N–H and O–H groups in total. The molecule has 1 rings (SSSR count). The fourth-order valence-corrected chi connectivity index (χ4v) is 1.46. The minimum atomic E-state index is 0.827. The lowest BCUT2D eigenvalue weighted by Gasteiger charge is -1.99. The SMILES string of the molecule is CCOCCC[NH2+]C/C=C/c1ccccc1. The van der Waals surface area contributed by atoms with Gasteiger partial charge in [0, 0.05) is 13.0 Å². The van der Waals surface area contributed by atoms with E-state index in [9.17, 15) is 0 Å². The normalized spacial score (nSPS) is 11.1. The molecule has 1 aromatic rings. The lowest BCUT2D eigenvalue weighted by Crippen LogP contribution is -2.84. The summed E-state index contributed by atoms with van der Waals surface area (Å²) < 4.78 is 5.27. The van der Waals surface area contributed by atoms with E-state index in [4.69, 9.17) is 4.74 Å². The Balaban J connectivity index is 2.01. The molecule has 0 spiro atoms. The van der Waals surface area contributed by atoms with Crippen LogP contribution in [0.5, 0.6) is 0 Å². The number of quaternary nitrogens is 1. The molecule has 0 unspecified atom stereocenters. The molecule has 2 nitrogen and oxygen atoms in total. The van der Waals surface area contributed by atoms with Gasteiger partial charge in [0.25, 0.3) is 0 Å². The fraction of sp³-hybridized carbons (Fsp3) is 0.429. The average molecular weight is 220 g/mol. The number of hydrogen-bond donors (Lipinski definition) is 1. The fourth-order valence-electron chi connectivity index (χ4n) is 1.46. The van der Waals surface area contributed by atoms with E-state index in [0.717, 1.165) is 32.7 Å². The Morgan fingerprint density at radius 3 is 2.81 bits per heavy atom. The maximum Gasteiger partial charge on any atom is 0.0945 e. The third kappa shape index (κ3) is 6.38. The van der Waals surface area contributed by atoms with E-state index >= 15 is 0 Å². The first-order chi connectivity index (χ1) is 7.93. The molecule has 88 valence electrons. The quantitative estimate of drug-likeness (QED) is 0.663. The molecule has 0 aromatic heterocycles. The van der Waals surface area contributed by atoms with Crippen molar-refractivity contribution < 1.29 is 10.1 Å². The van der Waals surface area contributed by atoms with Crippen molar-refractivity contribution in [3.8, 4) is 0 Å². The van der Waals surface area contributed by atoms with Gasteiger partial charge in [0.15, 0.2) is 0 Å². The number of hydrogen-bond acceptors (Lipinski definition) is 1. The van der Waals surface area contributed by atoms with Crippen molar-refractivity contribution >= 4 is 6.08 Å². The maximum atomic E-state index is 5.27. The van der Waals surface area contributed by atoms with Gasteiger partial charge >= 0.3 is 0 Å². The van der Waals surface area contributed by atoms with Crippen LogP contribution in [0.2, 0.25) is 0 Å². The number of benzene rings is 1. The summed E-state index contributed by atoms with van der Waals surface area (Å²) in [6.07, 6.45) is 5.50. The summed E-state index contributed by atoms with van der Waals surface area (Å²) in [5, 5.41) is 2.30. The molecule has 0 heterocycles. The highest BCUT2D eigenvalue weighted by atomic mass is 16.5. The van der Waals surface area contributed by atoms with Crippen molar-refractivity contribution in [2.75, 3.05) is 26.3 Å². The zero-order valence-corrected chi connectivity index (χ0v) is 10.1. The highest BCUT2D eigenvalue weighted by Gasteiger charge is 1.89. The van der Waals surface area contributed by atoms with Crippen LogP contribution >= 0.6 is 0 Å². The third-order valence-electron chi connectivity index (χ3n) is 2.31. The maximum absolute atomic E-state index is 5.27. The monoisotopic (exact) mass is 220 g/mol. The molecule has 0 fully saturated rings. The Bertz CT molecular complexity index is 282. The molecule has 2 heteroatoms. The molecular formula is C14H22NO+. The van der Waals surface area contributed by atoms with Crippen LogP contribution in [-0.2, 0) is 4.74 Å². The zero-order chi connectivity index (χ0) is 11.5. The van der Waals surface area contributed by atoms with Gasteiger partial charge in [-0.2, -0.15) is 0 Å². The van der Waals surface area contributed by atoms with E-state index in [-0.39, 0.29) is 0 Å². The van der Waals surface area contributed by atoms with Crippen molar-refractivity contribution in [3.05, 3.63) is 42.0 Å². The van der Waals surface area contributed by atoms with Crippen LogP contribution in [0.4, 0.5) is 0 Å². The highest BCUT2D eigenvalue weighted by Crippen LogP contribution is 1.99. The van der Waals surface area contributed by atoms with Crippen LogP contribution in [-0.4, -0.2) is 26.3 Å². The smallest absolute Gasteiger partial charge is 0.0945 e. The summed E-state index contributed by atoms with van der Waals surface area (Å²) >= 11 is 0. The van der Waals surface area contributed by atoms with Crippen LogP contribution < -0.4 is 5.32 Å². The molecule has 0 aliphatic rings. The van der Waals surface area contributed by atoms with Gasteiger partial charge in [-0.05, 0) is 18.6 Å². The average Bonchev–Trinajstić information content (AvgIpc) is 2.34. The summed E-state index contributed by atoms with van der Waals surface area (Å²) in [6.45, 7) is 5.93.